The van der Waals surface area contributed by atoms with Crippen molar-refractivity contribution in [3.8, 4) is 0 Å². The molecule has 0 radical (unpaired) electrons. The Balaban J connectivity index is 1.35. The number of nitrogens with one attached hydrogen (secondary N) is 2. The first-order valence-corrected chi connectivity index (χ1v) is 14.8. The highest BCUT2D eigenvalue weighted by Gasteiger charge is 2.35. The van der Waals surface area contributed by atoms with Crippen LogP contribution in [-0.4, -0.2) is 59.6 Å². The fraction of sp³-hybridized carbons (Fsp3) is 0.391. The van der Waals surface area contributed by atoms with Crippen LogP contribution < -0.4 is 15.8 Å². The lowest BCUT2D eigenvalue weighted by Gasteiger charge is -2.25. The molecule has 202 valence electrons. The number of fused-ring (bicyclic) bond motifs is 1. The maximum absolute atomic E-state index is 13.6. The van der Waals surface area contributed by atoms with Gasteiger partial charge in [0.25, 0.3) is 0 Å². The molecule has 38 heavy (non-hydrogen) atoms. The fourth-order valence-corrected chi connectivity index (χ4v) is 6.66. The van der Waals surface area contributed by atoms with Gasteiger partial charge in [0, 0.05) is 30.3 Å². The first-order valence-electron chi connectivity index (χ1n) is 11.7. The van der Waals surface area contributed by atoms with Gasteiger partial charge in [0.05, 0.1) is 39.2 Å². The van der Waals surface area contributed by atoms with Crippen LogP contribution in [0.3, 0.4) is 0 Å². The lowest BCUT2D eigenvalue weighted by molar-refractivity contribution is 0.101. The van der Waals surface area contributed by atoms with Gasteiger partial charge in [-0.2, -0.15) is 8.42 Å². The third-order valence-corrected chi connectivity index (χ3v) is 8.71. The first-order chi connectivity index (χ1) is 18.1. The number of hydrogen-bond donors (Lipinski definition) is 4. The van der Waals surface area contributed by atoms with Crippen molar-refractivity contribution in [1.29, 1.82) is 0 Å². The number of thiophene rings is 1. The van der Waals surface area contributed by atoms with E-state index in [0.29, 0.717) is 33.0 Å². The summed E-state index contributed by atoms with van der Waals surface area (Å²) in [6, 6.07) is 4.89. The molecule has 1 saturated carbocycles. The Morgan fingerprint density at radius 1 is 1.32 bits per heavy atom. The SMILES string of the molecule is NS(=O)(=O)OC[C@H]1C[C@@H](Nc2ncncc2C(=O)c2cc([C@@H]3NCCc4ccc(Cl)nc43)c(Cl)s2)C[C@@H]1O. The lowest BCUT2D eigenvalue weighted by atomic mass is 9.95. The lowest BCUT2D eigenvalue weighted by Crippen LogP contribution is -2.31. The van der Waals surface area contributed by atoms with Crippen molar-refractivity contribution in [2.45, 2.75) is 37.5 Å². The first kappa shape index (κ1) is 27.3. The number of aromatic nitrogens is 3. The van der Waals surface area contributed by atoms with E-state index in [1.54, 1.807) is 12.1 Å². The Hall–Kier alpha value is -2.23. The number of hydrogen-bond acceptors (Lipinski definition) is 11. The van der Waals surface area contributed by atoms with E-state index in [4.69, 9.17) is 28.3 Å². The molecule has 0 bridgehead atoms. The van der Waals surface area contributed by atoms with Crippen molar-refractivity contribution >= 4 is 56.4 Å². The summed E-state index contributed by atoms with van der Waals surface area (Å²) in [5.41, 5.74) is 2.84. The van der Waals surface area contributed by atoms with Crippen LogP contribution >= 0.6 is 34.5 Å². The highest BCUT2D eigenvalue weighted by atomic mass is 35.5. The highest BCUT2D eigenvalue weighted by Crippen LogP contribution is 2.39. The van der Waals surface area contributed by atoms with Gasteiger partial charge < -0.3 is 15.7 Å². The summed E-state index contributed by atoms with van der Waals surface area (Å²) in [6.45, 7) is 0.496. The molecule has 0 amide bonds. The number of anilines is 1. The summed E-state index contributed by atoms with van der Waals surface area (Å²) < 4.78 is 27.3. The van der Waals surface area contributed by atoms with Crippen LogP contribution in [0, 0.1) is 5.92 Å². The zero-order valence-electron chi connectivity index (χ0n) is 19.8. The van der Waals surface area contributed by atoms with Gasteiger partial charge in [-0.1, -0.05) is 29.3 Å². The Bertz CT molecular complexity index is 1470. The molecule has 5 rings (SSSR count). The molecule has 0 spiro atoms. The molecule has 3 aromatic heterocycles. The van der Waals surface area contributed by atoms with Crippen LogP contribution in [-0.2, 0) is 20.9 Å². The third kappa shape index (κ3) is 6.00. The molecule has 1 aliphatic carbocycles. The van der Waals surface area contributed by atoms with Crippen LogP contribution in [0.5, 0.6) is 0 Å². The Morgan fingerprint density at radius 2 is 2.13 bits per heavy atom. The van der Waals surface area contributed by atoms with Gasteiger partial charge >= 0.3 is 10.3 Å². The van der Waals surface area contributed by atoms with Crippen molar-refractivity contribution < 1.29 is 22.5 Å². The van der Waals surface area contributed by atoms with Gasteiger partial charge in [-0.05, 0) is 37.0 Å². The largest absolute Gasteiger partial charge is 0.393 e. The van der Waals surface area contributed by atoms with Crippen molar-refractivity contribution in [2.75, 3.05) is 18.5 Å². The van der Waals surface area contributed by atoms with E-state index in [-0.39, 0.29) is 30.0 Å². The second-order valence-corrected chi connectivity index (χ2v) is 12.4. The van der Waals surface area contributed by atoms with Gasteiger partial charge in [0.15, 0.2) is 0 Å². The number of aliphatic hydroxyl groups excluding tert-OH is 1. The van der Waals surface area contributed by atoms with Gasteiger partial charge in [-0.3, -0.25) is 8.98 Å². The van der Waals surface area contributed by atoms with Crippen LogP contribution in [0.1, 0.15) is 50.9 Å². The molecule has 15 heteroatoms. The number of carbonyl (C=O) groups excluding carboxylic acids is 1. The zero-order chi connectivity index (χ0) is 27.0. The Morgan fingerprint density at radius 3 is 2.92 bits per heavy atom. The van der Waals surface area contributed by atoms with E-state index < -0.39 is 22.3 Å². The molecule has 0 aromatic carbocycles. The van der Waals surface area contributed by atoms with Crippen LogP contribution in [0.2, 0.25) is 9.49 Å². The summed E-state index contributed by atoms with van der Waals surface area (Å²) in [5.74, 6) is -0.455. The van der Waals surface area contributed by atoms with E-state index >= 15 is 0 Å². The molecule has 1 fully saturated rings. The molecule has 1 aliphatic heterocycles. The second kappa shape index (κ2) is 11.1. The van der Waals surface area contributed by atoms with Gasteiger partial charge in [-0.15, -0.1) is 11.3 Å². The molecule has 0 unspecified atom stereocenters. The number of nitrogens with zero attached hydrogens (tertiary/aromatic N) is 3. The molecular formula is C23H24Cl2N6O5S2. The van der Waals surface area contributed by atoms with Crippen LogP contribution in [0.4, 0.5) is 5.82 Å². The third-order valence-electron chi connectivity index (χ3n) is 6.64. The molecule has 2 aliphatic rings. The van der Waals surface area contributed by atoms with Crippen LogP contribution in [0.25, 0.3) is 0 Å². The summed E-state index contributed by atoms with van der Waals surface area (Å²) in [6.07, 6.45) is 3.45. The van der Waals surface area contributed by atoms with E-state index in [9.17, 15) is 18.3 Å². The van der Waals surface area contributed by atoms with E-state index in [1.807, 2.05) is 6.07 Å². The summed E-state index contributed by atoms with van der Waals surface area (Å²) in [7, 11) is -4.11. The maximum Gasteiger partial charge on any atom is 0.333 e. The number of rotatable bonds is 8. The fourth-order valence-electron chi connectivity index (χ4n) is 4.86. The standard InChI is InChI=1S/C23H24Cl2N6O5S2/c24-18-2-1-11-3-4-28-20(19(11)31-18)14-7-17(37-22(14)25)21(33)15-8-27-10-29-23(15)30-13-5-12(16(32)6-13)9-36-38(26,34)35/h1-2,7-8,10,12-13,16,20,28,32H,3-6,9H2,(H2,26,34,35)(H,27,29,30)/t12-,13-,16+,20+/m1/s1. The van der Waals surface area contributed by atoms with Gasteiger partial charge in [-0.25, -0.2) is 20.1 Å². The van der Waals surface area contributed by atoms with E-state index in [1.165, 1.54) is 12.5 Å². The minimum atomic E-state index is -4.11. The van der Waals surface area contributed by atoms with Crippen molar-refractivity contribution in [2.24, 2.45) is 11.1 Å². The zero-order valence-corrected chi connectivity index (χ0v) is 22.9. The maximum atomic E-state index is 13.6. The topological polar surface area (TPSA) is 169 Å². The summed E-state index contributed by atoms with van der Waals surface area (Å²) >= 11 is 13.9. The minimum absolute atomic E-state index is 0.234. The molecule has 0 saturated heterocycles. The minimum Gasteiger partial charge on any atom is -0.393 e. The highest BCUT2D eigenvalue weighted by molar-refractivity contribution is 7.84. The molecule has 5 N–H and O–H groups in total. The average molecular weight is 600 g/mol. The monoisotopic (exact) mass is 598 g/mol. The molecular weight excluding hydrogens is 575 g/mol. The van der Waals surface area contributed by atoms with Crippen molar-refractivity contribution in [1.82, 2.24) is 20.3 Å². The predicted molar refractivity (Wildman–Crippen MR) is 143 cm³/mol. The molecule has 11 nitrogen and oxygen atoms in total. The van der Waals surface area contributed by atoms with Crippen molar-refractivity contribution in [3.63, 3.8) is 0 Å². The number of nitrogens with two attached hydrogens (primary N) is 1. The molecule has 4 atom stereocenters. The molecule has 3 aromatic rings. The second-order valence-electron chi connectivity index (χ2n) is 9.19. The normalized spacial score (nSPS) is 23.3. The summed E-state index contributed by atoms with van der Waals surface area (Å²) in [5, 5.41) is 22.2. The Kier molecular flexibility index (Phi) is 7.99. The molecule has 4 heterocycles. The number of carbonyl (C=O) groups is 1. The average Bonchev–Trinajstić information content (AvgIpc) is 3.43. The van der Waals surface area contributed by atoms with Gasteiger partial charge in [0.1, 0.15) is 17.3 Å². The number of ketones is 1. The van der Waals surface area contributed by atoms with Gasteiger partial charge in [0.2, 0.25) is 5.78 Å². The predicted octanol–water partition coefficient (Wildman–Crippen LogP) is 2.48. The van der Waals surface area contributed by atoms with E-state index in [0.717, 1.165) is 41.1 Å². The quantitative estimate of drug-likeness (QED) is 0.223. The van der Waals surface area contributed by atoms with Crippen molar-refractivity contribution in [3.05, 3.63) is 67.5 Å². The smallest absolute Gasteiger partial charge is 0.333 e. The number of pyridine rings is 1. The number of aliphatic hydroxyl groups is 1. The number of halogens is 2. The summed E-state index contributed by atoms with van der Waals surface area (Å²) in [4.78, 5) is 26.7. The van der Waals surface area contributed by atoms with E-state index in [2.05, 4.69) is 29.8 Å². The Labute approximate surface area is 233 Å². The van der Waals surface area contributed by atoms with Crippen LogP contribution in [0.15, 0.2) is 30.7 Å².